The predicted octanol–water partition coefficient (Wildman–Crippen LogP) is 6.38. The van der Waals surface area contributed by atoms with Gasteiger partial charge in [0.05, 0.1) is 11.0 Å². The highest BCUT2D eigenvalue weighted by Crippen LogP contribution is 2.38. The summed E-state index contributed by atoms with van der Waals surface area (Å²) in [5.41, 5.74) is 1.82. The van der Waals surface area contributed by atoms with Gasteiger partial charge < -0.3 is 9.80 Å². The number of carbonyl (C=O) groups excluding carboxylic acids is 2. The number of amides is 2. The Morgan fingerprint density at radius 3 is 2.61 bits per heavy atom. The van der Waals surface area contributed by atoms with Crippen LogP contribution in [0.15, 0.2) is 53.9 Å². The summed E-state index contributed by atoms with van der Waals surface area (Å²) in [5, 5.41) is 13.9. The van der Waals surface area contributed by atoms with Gasteiger partial charge in [-0.2, -0.15) is 0 Å². The van der Waals surface area contributed by atoms with Gasteiger partial charge in [-0.3, -0.25) is 19.7 Å². The molecule has 1 aliphatic rings. The maximum Gasteiger partial charge on any atom is 0.288 e. The fraction of sp³-hybridized carbons (Fsp3) is 0.308. The van der Waals surface area contributed by atoms with Gasteiger partial charge in [0.1, 0.15) is 11.6 Å². The molecule has 0 spiro atoms. The predicted molar refractivity (Wildman–Crippen MR) is 142 cm³/mol. The van der Waals surface area contributed by atoms with Crippen molar-refractivity contribution in [3.8, 4) is 0 Å². The lowest BCUT2D eigenvalue weighted by Gasteiger charge is -2.37. The number of rotatable bonds is 8. The monoisotopic (exact) mass is 545 g/mol. The number of nitro benzene ring substituents is 1. The first-order chi connectivity index (χ1) is 17.3. The van der Waals surface area contributed by atoms with E-state index in [0.29, 0.717) is 24.5 Å². The average Bonchev–Trinajstić information content (AvgIpc) is 3.35. The minimum atomic E-state index is -0.621. The third-order valence-electron chi connectivity index (χ3n) is 6.26. The highest BCUT2D eigenvalue weighted by Gasteiger charge is 2.34. The molecule has 0 saturated carbocycles. The number of halogens is 2. The van der Waals surface area contributed by atoms with Crippen LogP contribution < -0.4 is 0 Å². The van der Waals surface area contributed by atoms with Crippen LogP contribution in [0.5, 0.6) is 0 Å². The van der Waals surface area contributed by atoms with Gasteiger partial charge in [-0.05, 0) is 59.7 Å². The van der Waals surface area contributed by atoms with E-state index in [0.717, 1.165) is 24.0 Å². The van der Waals surface area contributed by atoms with E-state index in [1.807, 2.05) is 47.5 Å². The van der Waals surface area contributed by atoms with Crippen LogP contribution in [0.3, 0.4) is 0 Å². The van der Waals surface area contributed by atoms with Crippen LogP contribution in [0, 0.1) is 10.1 Å². The molecule has 7 nitrogen and oxygen atoms in total. The zero-order valence-electron chi connectivity index (χ0n) is 19.7. The van der Waals surface area contributed by atoms with E-state index >= 15 is 0 Å². The Balaban J connectivity index is 1.62. The second-order valence-electron chi connectivity index (χ2n) is 8.59. The molecule has 10 heteroatoms. The molecule has 0 fully saturated rings. The highest BCUT2D eigenvalue weighted by molar-refractivity contribution is 7.10. The molecular formula is C26H25Cl2N3O4S. The molecule has 1 atom stereocenters. The molecule has 0 saturated heterocycles. The van der Waals surface area contributed by atoms with Gasteiger partial charge in [-0.15, -0.1) is 11.3 Å². The van der Waals surface area contributed by atoms with Gasteiger partial charge in [0.25, 0.3) is 11.6 Å². The summed E-state index contributed by atoms with van der Waals surface area (Å²) in [4.78, 5) is 42.3. The van der Waals surface area contributed by atoms with Gasteiger partial charge in [0.15, 0.2) is 0 Å². The molecule has 0 N–H and O–H groups in total. The largest absolute Gasteiger partial charge is 0.330 e. The SMILES string of the molecule is CCCCN(CC(=O)N1CCc2sccc2C1c1ccc(Cl)cc1)C(=O)c1ccc(Cl)c([N+](=O)[O-])c1. The Morgan fingerprint density at radius 1 is 1.17 bits per heavy atom. The van der Waals surface area contributed by atoms with Crippen molar-refractivity contribution in [3.63, 3.8) is 0 Å². The number of nitro groups is 1. The van der Waals surface area contributed by atoms with E-state index in [1.165, 1.54) is 28.0 Å². The molecule has 36 heavy (non-hydrogen) atoms. The quantitative estimate of drug-likeness (QED) is 0.243. The summed E-state index contributed by atoms with van der Waals surface area (Å²) in [6.45, 7) is 2.76. The fourth-order valence-corrected chi connectivity index (χ4v) is 5.63. The van der Waals surface area contributed by atoms with Crippen LogP contribution in [-0.2, 0) is 11.2 Å². The summed E-state index contributed by atoms with van der Waals surface area (Å²) >= 11 is 13.7. The number of carbonyl (C=O) groups is 2. The Morgan fingerprint density at radius 2 is 1.92 bits per heavy atom. The number of benzene rings is 2. The molecular weight excluding hydrogens is 521 g/mol. The molecule has 1 aromatic heterocycles. The lowest BCUT2D eigenvalue weighted by Crippen LogP contribution is -2.47. The smallest absolute Gasteiger partial charge is 0.288 e. The zero-order chi connectivity index (χ0) is 25.8. The second-order valence-corrected chi connectivity index (χ2v) is 10.4. The van der Waals surface area contributed by atoms with Crippen LogP contribution >= 0.6 is 34.5 Å². The Labute approximate surface area is 223 Å². The Hall–Kier alpha value is -2.94. The molecule has 188 valence electrons. The molecule has 1 aliphatic heterocycles. The minimum absolute atomic E-state index is 0.0431. The van der Waals surface area contributed by atoms with E-state index in [4.69, 9.17) is 23.2 Å². The molecule has 1 unspecified atom stereocenters. The average molecular weight is 546 g/mol. The lowest BCUT2D eigenvalue weighted by molar-refractivity contribution is -0.384. The fourth-order valence-electron chi connectivity index (χ4n) is 4.41. The minimum Gasteiger partial charge on any atom is -0.330 e. The maximum absolute atomic E-state index is 13.7. The lowest BCUT2D eigenvalue weighted by atomic mass is 9.93. The van der Waals surface area contributed by atoms with Crippen molar-refractivity contribution in [1.82, 2.24) is 9.80 Å². The summed E-state index contributed by atoms with van der Waals surface area (Å²) in [5.74, 6) is -0.618. The summed E-state index contributed by atoms with van der Waals surface area (Å²) < 4.78 is 0. The van der Waals surface area contributed by atoms with Crippen molar-refractivity contribution in [2.24, 2.45) is 0 Å². The van der Waals surface area contributed by atoms with E-state index in [-0.39, 0.29) is 34.8 Å². The summed E-state index contributed by atoms with van der Waals surface area (Å²) in [7, 11) is 0. The highest BCUT2D eigenvalue weighted by atomic mass is 35.5. The van der Waals surface area contributed by atoms with Gasteiger partial charge >= 0.3 is 0 Å². The molecule has 2 aromatic carbocycles. The van der Waals surface area contributed by atoms with E-state index < -0.39 is 10.8 Å². The van der Waals surface area contributed by atoms with Crippen LogP contribution in [0.4, 0.5) is 5.69 Å². The van der Waals surface area contributed by atoms with Crippen molar-refractivity contribution >= 4 is 52.0 Å². The topological polar surface area (TPSA) is 83.8 Å². The molecule has 0 aliphatic carbocycles. The van der Waals surface area contributed by atoms with E-state index in [9.17, 15) is 19.7 Å². The van der Waals surface area contributed by atoms with Gasteiger partial charge in [-0.1, -0.05) is 48.7 Å². The molecule has 4 rings (SSSR count). The zero-order valence-corrected chi connectivity index (χ0v) is 22.0. The van der Waals surface area contributed by atoms with Crippen molar-refractivity contribution in [2.75, 3.05) is 19.6 Å². The molecule has 0 bridgehead atoms. The van der Waals surface area contributed by atoms with Crippen molar-refractivity contribution in [2.45, 2.75) is 32.2 Å². The van der Waals surface area contributed by atoms with Crippen LogP contribution in [-0.4, -0.2) is 46.2 Å². The van der Waals surface area contributed by atoms with Gasteiger partial charge in [0, 0.05) is 34.6 Å². The number of unbranched alkanes of at least 4 members (excludes halogenated alkanes) is 1. The van der Waals surface area contributed by atoms with Crippen LogP contribution in [0.25, 0.3) is 0 Å². The maximum atomic E-state index is 13.7. The number of hydrogen-bond acceptors (Lipinski definition) is 5. The standard InChI is InChI=1S/C26H25Cl2N3O4S/c1-2-3-12-29(26(33)18-6-9-21(28)22(15-18)31(34)35)16-24(32)30-13-10-23-20(11-14-36-23)25(30)17-4-7-19(27)8-5-17/h4-9,11,14-15,25H,2-3,10,12-13,16H2,1H3. The molecule has 0 radical (unpaired) electrons. The molecule has 2 heterocycles. The Kier molecular flexibility index (Phi) is 8.28. The van der Waals surface area contributed by atoms with E-state index in [2.05, 4.69) is 0 Å². The van der Waals surface area contributed by atoms with Crippen LogP contribution in [0.1, 0.15) is 52.2 Å². The number of fused-ring (bicyclic) bond motifs is 1. The first-order valence-electron chi connectivity index (χ1n) is 11.6. The van der Waals surface area contributed by atoms with Crippen molar-refractivity contribution in [3.05, 3.63) is 95.6 Å². The summed E-state index contributed by atoms with van der Waals surface area (Å²) in [6, 6.07) is 13.2. The van der Waals surface area contributed by atoms with Gasteiger partial charge in [-0.25, -0.2) is 0 Å². The van der Waals surface area contributed by atoms with Crippen molar-refractivity contribution in [1.29, 1.82) is 0 Å². The first-order valence-corrected chi connectivity index (χ1v) is 13.3. The number of nitrogens with zero attached hydrogens (tertiary/aromatic N) is 3. The Bertz CT molecular complexity index is 1280. The van der Waals surface area contributed by atoms with Crippen LogP contribution in [0.2, 0.25) is 10.0 Å². The number of thiophene rings is 1. The third kappa shape index (κ3) is 5.56. The number of hydrogen-bond donors (Lipinski definition) is 0. The summed E-state index contributed by atoms with van der Waals surface area (Å²) in [6.07, 6.45) is 2.27. The first kappa shape index (κ1) is 26.1. The third-order valence-corrected chi connectivity index (χ3v) is 7.82. The van der Waals surface area contributed by atoms with E-state index in [1.54, 1.807) is 11.3 Å². The van der Waals surface area contributed by atoms with Gasteiger partial charge in [0.2, 0.25) is 5.91 Å². The normalized spacial score (nSPS) is 14.9. The van der Waals surface area contributed by atoms with Crippen molar-refractivity contribution < 1.29 is 14.5 Å². The second kappa shape index (κ2) is 11.4. The molecule has 3 aromatic rings. The molecule has 2 amide bonds.